The van der Waals surface area contributed by atoms with Gasteiger partial charge in [-0.2, -0.15) is 0 Å². The summed E-state index contributed by atoms with van der Waals surface area (Å²) in [7, 11) is 0. The first-order chi connectivity index (χ1) is 6.60. The van der Waals surface area contributed by atoms with Crippen molar-refractivity contribution in [1.82, 2.24) is 0 Å². The summed E-state index contributed by atoms with van der Waals surface area (Å²) in [6, 6.07) is 0. The van der Waals surface area contributed by atoms with Crippen molar-refractivity contribution in [3.63, 3.8) is 0 Å². The zero-order valence-electron chi connectivity index (χ0n) is 8.91. The summed E-state index contributed by atoms with van der Waals surface area (Å²) >= 11 is 0. The van der Waals surface area contributed by atoms with E-state index in [-0.39, 0.29) is 5.97 Å². The number of hydrogen-bond donors (Lipinski definition) is 0. The van der Waals surface area contributed by atoms with Crippen molar-refractivity contribution in [2.75, 3.05) is 13.2 Å². The third-order valence-corrected chi connectivity index (χ3v) is 1.76. The summed E-state index contributed by atoms with van der Waals surface area (Å²) in [5.41, 5.74) is -0.939. The van der Waals surface area contributed by atoms with Gasteiger partial charge in [0, 0.05) is 6.42 Å². The van der Waals surface area contributed by atoms with Crippen molar-refractivity contribution in [3.05, 3.63) is 25.3 Å². The maximum atomic E-state index is 11.5. The first-order valence-corrected chi connectivity index (χ1v) is 4.63. The van der Waals surface area contributed by atoms with Crippen LogP contribution in [0.2, 0.25) is 0 Å². The van der Waals surface area contributed by atoms with E-state index in [1.165, 1.54) is 0 Å². The van der Waals surface area contributed by atoms with Gasteiger partial charge in [-0.1, -0.05) is 12.2 Å². The van der Waals surface area contributed by atoms with Gasteiger partial charge in [0.25, 0.3) is 0 Å². The van der Waals surface area contributed by atoms with Crippen LogP contribution in [0, 0.1) is 0 Å². The van der Waals surface area contributed by atoms with Crippen molar-refractivity contribution in [3.8, 4) is 0 Å². The lowest BCUT2D eigenvalue weighted by Crippen LogP contribution is -2.39. The third kappa shape index (κ3) is 3.75. The molecule has 0 aromatic rings. The summed E-state index contributed by atoms with van der Waals surface area (Å²) in [6.45, 7) is 11.2. The molecule has 14 heavy (non-hydrogen) atoms. The van der Waals surface area contributed by atoms with Crippen molar-refractivity contribution < 1.29 is 14.3 Å². The highest BCUT2D eigenvalue weighted by Crippen LogP contribution is 2.18. The first-order valence-electron chi connectivity index (χ1n) is 4.63. The Morgan fingerprint density at radius 2 is 2.07 bits per heavy atom. The van der Waals surface area contributed by atoms with Gasteiger partial charge in [-0.15, -0.1) is 13.2 Å². The molecule has 0 rings (SSSR count). The van der Waals surface area contributed by atoms with Gasteiger partial charge < -0.3 is 9.47 Å². The Balaban J connectivity index is 4.42. The van der Waals surface area contributed by atoms with Crippen LogP contribution in [0.1, 0.15) is 20.3 Å². The molecule has 0 aromatic carbocycles. The van der Waals surface area contributed by atoms with E-state index in [1.54, 1.807) is 26.0 Å². The predicted molar refractivity (Wildman–Crippen MR) is 56.0 cm³/mol. The minimum absolute atomic E-state index is 0.323. The molecule has 1 atom stereocenters. The molecule has 0 bridgehead atoms. The molecule has 0 spiro atoms. The van der Waals surface area contributed by atoms with Gasteiger partial charge in [0.05, 0.1) is 13.2 Å². The molecule has 0 saturated heterocycles. The molecule has 0 aliphatic carbocycles. The third-order valence-electron chi connectivity index (χ3n) is 1.76. The van der Waals surface area contributed by atoms with E-state index in [4.69, 9.17) is 9.47 Å². The second-order valence-electron chi connectivity index (χ2n) is 3.04. The summed E-state index contributed by atoms with van der Waals surface area (Å²) < 4.78 is 10.3. The van der Waals surface area contributed by atoms with Gasteiger partial charge in [-0.05, 0) is 13.8 Å². The molecule has 0 amide bonds. The quantitative estimate of drug-likeness (QED) is 0.464. The van der Waals surface area contributed by atoms with E-state index in [0.29, 0.717) is 19.6 Å². The standard InChI is InChI=1S/C11H18O3/c1-5-8-11(4,14-9-6-2)10(12)13-7-3/h5-6H,1-2,7-9H2,3-4H3. The van der Waals surface area contributed by atoms with Crippen LogP contribution in [0.3, 0.4) is 0 Å². The van der Waals surface area contributed by atoms with Gasteiger partial charge in [0.15, 0.2) is 5.60 Å². The van der Waals surface area contributed by atoms with Gasteiger partial charge in [0.1, 0.15) is 0 Å². The molecule has 3 nitrogen and oxygen atoms in total. The average Bonchev–Trinajstić information content (AvgIpc) is 2.15. The lowest BCUT2D eigenvalue weighted by Gasteiger charge is -2.25. The maximum Gasteiger partial charge on any atom is 0.338 e. The molecule has 0 radical (unpaired) electrons. The highest BCUT2D eigenvalue weighted by Gasteiger charge is 2.34. The zero-order valence-corrected chi connectivity index (χ0v) is 8.91. The highest BCUT2D eigenvalue weighted by molar-refractivity contribution is 5.79. The molecule has 0 aliphatic rings. The van der Waals surface area contributed by atoms with Gasteiger partial charge in [-0.3, -0.25) is 0 Å². The minimum Gasteiger partial charge on any atom is -0.464 e. The molecule has 1 unspecified atom stereocenters. The Morgan fingerprint density at radius 1 is 1.43 bits per heavy atom. The molecular formula is C11H18O3. The number of hydrogen-bond acceptors (Lipinski definition) is 3. The van der Waals surface area contributed by atoms with Crippen molar-refractivity contribution >= 4 is 5.97 Å². The minimum atomic E-state index is -0.939. The number of carbonyl (C=O) groups is 1. The Kier molecular flexibility index (Phi) is 5.88. The highest BCUT2D eigenvalue weighted by atomic mass is 16.6. The van der Waals surface area contributed by atoms with E-state index >= 15 is 0 Å². The molecule has 0 saturated carbocycles. The number of esters is 1. The first kappa shape index (κ1) is 12.9. The number of rotatable bonds is 7. The van der Waals surface area contributed by atoms with Crippen molar-refractivity contribution in [1.29, 1.82) is 0 Å². The van der Waals surface area contributed by atoms with Crippen molar-refractivity contribution in [2.45, 2.75) is 25.9 Å². The van der Waals surface area contributed by atoms with Crippen LogP contribution in [0.15, 0.2) is 25.3 Å². The van der Waals surface area contributed by atoms with Gasteiger partial charge >= 0.3 is 5.97 Å². The molecule has 0 aliphatic heterocycles. The lowest BCUT2D eigenvalue weighted by atomic mass is 10.0. The summed E-state index contributed by atoms with van der Waals surface area (Å²) in [6.07, 6.45) is 3.67. The fourth-order valence-electron chi connectivity index (χ4n) is 1.00. The molecule has 0 heterocycles. The number of ether oxygens (including phenoxy) is 2. The maximum absolute atomic E-state index is 11.5. The smallest absolute Gasteiger partial charge is 0.338 e. The monoisotopic (exact) mass is 198 g/mol. The molecule has 0 aromatic heterocycles. The Morgan fingerprint density at radius 3 is 2.50 bits per heavy atom. The number of carbonyl (C=O) groups excluding carboxylic acids is 1. The lowest BCUT2D eigenvalue weighted by molar-refractivity contribution is -0.168. The van der Waals surface area contributed by atoms with E-state index in [2.05, 4.69) is 13.2 Å². The van der Waals surface area contributed by atoms with Crippen LogP contribution >= 0.6 is 0 Å². The van der Waals surface area contributed by atoms with Crippen LogP contribution in [0.5, 0.6) is 0 Å². The fraction of sp³-hybridized carbons (Fsp3) is 0.545. The van der Waals surface area contributed by atoms with E-state index in [9.17, 15) is 4.79 Å². The summed E-state index contributed by atoms with van der Waals surface area (Å²) in [5, 5.41) is 0. The zero-order chi connectivity index (χ0) is 11.0. The second kappa shape index (κ2) is 6.38. The molecule has 0 N–H and O–H groups in total. The topological polar surface area (TPSA) is 35.5 Å². The molecular weight excluding hydrogens is 180 g/mol. The van der Waals surface area contributed by atoms with E-state index in [0.717, 1.165) is 0 Å². The van der Waals surface area contributed by atoms with E-state index < -0.39 is 5.60 Å². The summed E-state index contributed by atoms with van der Waals surface area (Å²) in [4.78, 5) is 11.5. The van der Waals surface area contributed by atoms with Crippen LogP contribution in [-0.4, -0.2) is 24.8 Å². The molecule has 80 valence electrons. The fourth-order valence-corrected chi connectivity index (χ4v) is 1.00. The Labute approximate surface area is 85.4 Å². The normalized spacial score (nSPS) is 14.1. The van der Waals surface area contributed by atoms with Crippen LogP contribution in [0.4, 0.5) is 0 Å². The second-order valence-corrected chi connectivity index (χ2v) is 3.04. The summed E-state index contributed by atoms with van der Waals surface area (Å²) in [5.74, 6) is -0.359. The van der Waals surface area contributed by atoms with Crippen LogP contribution in [-0.2, 0) is 14.3 Å². The predicted octanol–water partition coefficient (Wildman–Crippen LogP) is 2.09. The Hall–Kier alpha value is -1.09. The molecule has 3 heteroatoms. The SMILES string of the molecule is C=CCOC(C)(CC=C)C(=O)OCC. The Bertz CT molecular complexity index is 211. The van der Waals surface area contributed by atoms with E-state index in [1.807, 2.05) is 0 Å². The van der Waals surface area contributed by atoms with Gasteiger partial charge in [-0.25, -0.2) is 4.79 Å². The molecule has 0 fully saturated rings. The van der Waals surface area contributed by atoms with Crippen LogP contribution < -0.4 is 0 Å². The van der Waals surface area contributed by atoms with Crippen LogP contribution in [0.25, 0.3) is 0 Å². The average molecular weight is 198 g/mol. The van der Waals surface area contributed by atoms with Crippen molar-refractivity contribution in [2.24, 2.45) is 0 Å². The van der Waals surface area contributed by atoms with Gasteiger partial charge in [0.2, 0.25) is 0 Å². The largest absolute Gasteiger partial charge is 0.464 e.